The van der Waals surface area contributed by atoms with Crippen molar-refractivity contribution in [1.82, 2.24) is 0 Å². The molecule has 0 aliphatic heterocycles. The van der Waals surface area contributed by atoms with E-state index in [0.29, 0.717) is 6.42 Å². The van der Waals surface area contributed by atoms with Crippen LogP contribution in [0.2, 0.25) is 0 Å². The Balaban J connectivity index is 2.51. The second-order valence-corrected chi connectivity index (χ2v) is 4.37. The predicted octanol–water partition coefficient (Wildman–Crippen LogP) is 2.41. The summed E-state index contributed by atoms with van der Waals surface area (Å²) in [5.41, 5.74) is 0.997. The molecule has 1 aromatic carbocycles. The zero-order chi connectivity index (χ0) is 11.1. The molecule has 1 aliphatic carbocycles. The van der Waals surface area contributed by atoms with E-state index in [4.69, 9.17) is 0 Å². The molecule has 0 radical (unpaired) electrons. The Labute approximate surface area is 89.3 Å². The molecule has 2 nitrogen and oxygen atoms in total. The molecule has 0 aromatic heterocycles. The molecule has 0 N–H and O–H groups in total. The van der Waals surface area contributed by atoms with Crippen molar-refractivity contribution in [3.8, 4) is 0 Å². The maximum atomic E-state index is 12.2. The molecule has 0 bridgehead atoms. The van der Waals surface area contributed by atoms with E-state index >= 15 is 0 Å². The minimum Gasteiger partial charge on any atom is -0.299 e. The first-order valence-corrected chi connectivity index (χ1v) is 5.19. The summed E-state index contributed by atoms with van der Waals surface area (Å²) in [6.45, 7) is 3.26. The highest BCUT2D eigenvalue weighted by molar-refractivity contribution is 6.15. The molecular weight excluding hydrogens is 188 g/mol. The normalized spacial score (nSPS) is 24.8. The van der Waals surface area contributed by atoms with Gasteiger partial charge >= 0.3 is 0 Å². The third kappa shape index (κ3) is 1.41. The van der Waals surface area contributed by atoms with Gasteiger partial charge in [-0.2, -0.15) is 0 Å². The summed E-state index contributed by atoms with van der Waals surface area (Å²) in [6.07, 6.45) is 1.45. The van der Waals surface area contributed by atoms with Crippen molar-refractivity contribution in [2.45, 2.75) is 26.7 Å². The Hall–Kier alpha value is -1.44. The number of benzene rings is 1. The van der Waals surface area contributed by atoms with E-state index in [9.17, 15) is 9.59 Å². The molecule has 2 rings (SSSR count). The standard InChI is InChI=1S/C13H14O2/c1-9(14)13(2)8-7-10-5-3-4-6-11(10)12(13)15/h3-6H,7-8H2,1-2H3. The number of aryl methyl sites for hydroxylation is 1. The summed E-state index contributed by atoms with van der Waals surface area (Å²) in [5, 5.41) is 0. The summed E-state index contributed by atoms with van der Waals surface area (Å²) in [7, 11) is 0. The molecule has 78 valence electrons. The summed E-state index contributed by atoms with van der Waals surface area (Å²) in [5.74, 6) is -0.0427. The number of hydrogen-bond donors (Lipinski definition) is 0. The van der Waals surface area contributed by atoms with Gasteiger partial charge in [0.25, 0.3) is 0 Å². The van der Waals surface area contributed by atoms with Crippen LogP contribution in [0.25, 0.3) is 0 Å². The van der Waals surface area contributed by atoms with Crippen LogP contribution in [-0.2, 0) is 11.2 Å². The van der Waals surface area contributed by atoms with Crippen molar-refractivity contribution >= 4 is 11.6 Å². The zero-order valence-electron chi connectivity index (χ0n) is 9.04. The second-order valence-electron chi connectivity index (χ2n) is 4.37. The Kier molecular flexibility index (Phi) is 2.22. The van der Waals surface area contributed by atoms with Gasteiger partial charge in [0.2, 0.25) is 0 Å². The molecule has 0 amide bonds. The Morgan fingerprint density at radius 2 is 2.00 bits per heavy atom. The van der Waals surface area contributed by atoms with E-state index in [1.54, 1.807) is 6.92 Å². The van der Waals surface area contributed by atoms with Crippen molar-refractivity contribution in [3.05, 3.63) is 35.4 Å². The monoisotopic (exact) mass is 202 g/mol. The fraction of sp³-hybridized carbons (Fsp3) is 0.385. The van der Waals surface area contributed by atoms with Gasteiger partial charge in [0, 0.05) is 5.56 Å². The predicted molar refractivity (Wildman–Crippen MR) is 57.9 cm³/mol. The van der Waals surface area contributed by atoms with E-state index in [1.165, 1.54) is 6.92 Å². The molecule has 1 aromatic rings. The Bertz CT molecular complexity index is 434. The van der Waals surface area contributed by atoms with Crippen LogP contribution in [0.3, 0.4) is 0 Å². The molecule has 0 fully saturated rings. The minimum atomic E-state index is -0.797. The number of ketones is 2. The number of carbonyl (C=O) groups is 2. The Morgan fingerprint density at radius 3 is 2.67 bits per heavy atom. The average molecular weight is 202 g/mol. The first-order valence-electron chi connectivity index (χ1n) is 5.19. The fourth-order valence-electron chi connectivity index (χ4n) is 2.09. The minimum absolute atomic E-state index is 0.0168. The van der Waals surface area contributed by atoms with Gasteiger partial charge in [0.05, 0.1) is 5.41 Å². The lowest BCUT2D eigenvalue weighted by molar-refractivity contribution is -0.123. The summed E-state index contributed by atoms with van der Waals surface area (Å²) >= 11 is 0. The van der Waals surface area contributed by atoms with Crippen LogP contribution in [-0.4, -0.2) is 11.6 Å². The highest BCUT2D eigenvalue weighted by Crippen LogP contribution is 2.35. The number of rotatable bonds is 1. The number of carbonyl (C=O) groups excluding carboxylic acids is 2. The summed E-state index contributed by atoms with van der Waals surface area (Å²) in [6, 6.07) is 7.57. The van der Waals surface area contributed by atoms with E-state index in [-0.39, 0.29) is 11.6 Å². The summed E-state index contributed by atoms with van der Waals surface area (Å²) in [4.78, 5) is 23.7. The molecule has 0 saturated heterocycles. The van der Waals surface area contributed by atoms with E-state index in [1.807, 2.05) is 24.3 Å². The highest BCUT2D eigenvalue weighted by Gasteiger charge is 2.41. The van der Waals surface area contributed by atoms with Crippen LogP contribution in [0.1, 0.15) is 36.2 Å². The van der Waals surface area contributed by atoms with Crippen LogP contribution in [0.5, 0.6) is 0 Å². The first kappa shape index (κ1) is 10.1. The van der Waals surface area contributed by atoms with Crippen LogP contribution in [0.4, 0.5) is 0 Å². The van der Waals surface area contributed by atoms with Gasteiger partial charge in [0.15, 0.2) is 5.78 Å². The second kappa shape index (κ2) is 3.30. The lowest BCUT2D eigenvalue weighted by Gasteiger charge is -2.30. The molecule has 1 unspecified atom stereocenters. The molecule has 15 heavy (non-hydrogen) atoms. The average Bonchev–Trinajstić information content (AvgIpc) is 2.24. The van der Waals surface area contributed by atoms with E-state index < -0.39 is 5.41 Å². The molecule has 1 atom stereocenters. The smallest absolute Gasteiger partial charge is 0.176 e. The van der Waals surface area contributed by atoms with Crippen LogP contribution in [0, 0.1) is 5.41 Å². The van der Waals surface area contributed by atoms with E-state index in [0.717, 1.165) is 17.5 Å². The SMILES string of the molecule is CC(=O)C1(C)CCc2ccccc2C1=O. The quantitative estimate of drug-likeness (QED) is 0.655. The lowest BCUT2D eigenvalue weighted by atomic mass is 9.70. The third-order valence-electron chi connectivity index (χ3n) is 3.43. The van der Waals surface area contributed by atoms with Crippen molar-refractivity contribution in [1.29, 1.82) is 0 Å². The molecule has 1 aliphatic rings. The van der Waals surface area contributed by atoms with Crippen molar-refractivity contribution in [3.63, 3.8) is 0 Å². The highest BCUT2D eigenvalue weighted by atomic mass is 16.2. The lowest BCUT2D eigenvalue weighted by Crippen LogP contribution is -2.39. The summed E-state index contributed by atoms with van der Waals surface area (Å²) < 4.78 is 0. The van der Waals surface area contributed by atoms with Crippen molar-refractivity contribution in [2.75, 3.05) is 0 Å². The maximum absolute atomic E-state index is 12.2. The van der Waals surface area contributed by atoms with Gasteiger partial charge in [0.1, 0.15) is 5.78 Å². The molecule has 0 saturated carbocycles. The molecule has 0 heterocycles. The number of Topliss-reactive ketones (excluding diaryl/α,β-unsaturated/α-hetero) is 2. The Morgan fingerprint density at radius 1 is 1.33 bits per heavy atom. The van der Waals surface area contributed by atoms with Crippen LogP contribution >= 0.6 is 0 Å². The third-order valence-corrected chi connectivity index (χ3v) is 3.43. The van der Waals surface area contributed by atoms with Crippen LogP contribution < -0.4 is 0 Å². The molecular formula is C13H14O2. The number of fused-ring (bicyclic) bond motifs is 1. The topological polar surface area (TPSA) is 34.1 Å². The fourth-order valence-corrected chi connectivity index (χ4v) is 2.09. The van der Waals surface area contributed by atoms with E-state index in [2.05, 4.69) is 0 Å². The largest absolute Gasteiger partial charge is 0.299 e. The van der Waals surface area contributed by atoms with Crippen molar-refractivity contribution in [2.24, 2.45) is 5.41 Å². The van der Waals surface area contributed by atoms with Gasteiger partial charge in [-0.05, 0) is 32.3 Å². The maximum Gasteiger partial charge on any atom is 0.176 e. The zero-order valence-corrected chi connectivity index (χ0v) is 9.04. The molecule has 0 spiro atoms. The van der Waals surface area contributed by atoms with Crippen LogP contribution in [0.15, 0.2) is 24.3 Å². The van der Waals surface area contributed by atoms with Gasteiger partial charge in [-0.3, -0.25) is 9.59 Å². The van der Waals surface area contributed by atoms with Gasteiger partial charge < -0.3 is 0 Å². The van der Waals surface area contributed by atoms with Crippen molar-refractivity contribution < 1.29 is 9.59 Å². The molecule has 2 heteroatoms. The number of hydrogen-bond acceptors (Lipinski definition) is 2. The first-order chi connectivity index (χ1) is 7.05. The van der Waals surface area contributed by atoms with Gasteiger partial charge in [-0.15, -0.1) is 0 Å². The van der Waals surface area contributed by atoms with Gasteiger partial charge in [-0.25, -0.2) is 0 Å². The van der Waals surface area contributed by atoms with Gasteiger partial charge in [-0.1, -0.05) is 24.3 Å².